The van der Waals surface area contributed by atoms with Crippen molar-refractivity contribution in [3.8, 4) is 5.75 Å². The standard InChI is InChI=1S/C21H21N3O3/c1-27-17-9-7-16(8-10-17)20(26)24-13-11-21(12-14-24)22-18(19(25)23-21)15-5-3-2-4-6-15/h2-10H,11-14H2,1H3,(H,23,25). The number of aliphatic imine (C=N–C) groups is 1. The third kappa shape index (κ3) is 3.30. The van der Waals surface area contributed by atoms with Crippen LogP contribution >= 0.6 is 0 Å². The maximum Gasteiger partial charge on any atom is 0.272 e. The minimum atomic E-state index is -0.598. The van der Waals surface area contributed by atoms with Crippen molar-refractivity contribution in [3.63, 3.8) is 0 Å². The van der Waals surface area contributed by atoms with Gasteiger partial charge in [-0.15, -0.1) is 0 Å². The highest BCUT2D eigenvalue weighted by atomic mass is 16.5. The zero-order chi connectivity index (χ0) is 18.9. The topological polar surface area (TPSA) is 71.0 Å². The summed E-state index contributed by atoms with van der Waals surface area (Å²) in [6.07, 6.45) is 1.22. The molecule has 0 saturated carbocycles. The first kappa shape index (κ1) is 17.3. The molecule has 0 atom stereocenters. The van der Waals surface area contributed by atoms with Crippen molar-refractivity contribution in [2.24, 2.45) is 4.99 Å². The maximum absolute atomic E-state index is 12.7. The second-order valence-corrected chi connectivity index (χ2v) is 6.83. The Morgan fingerprint density at radius 3 is 2.37 bits per heavy atom. The number of carbonyl (C=O) groups is 2. The van der Waals surface area contributed by atoms with Gasteiger partial charge in [0, 0.05) is 37.1 Å². The van der Waals surface area contributed by atoms with Gasteiger partial charge in [0.15, 0.2) is 0 Å². The van der Waals surface area contributed by atoms with Gasteiger partial charge in [-0.3, -0.25) is 14.6 Å². The Morgan fingerprint density at radius 2 is 1.74 bits per heavy atom. The van der Waals surface area contributed by atoms with E-state index in [0.717, 1.165) is 11.3 Å². The summed E-state index contributed by atoms with van der Waals surface area (Å²) in [6.45, 7) is 1.10. The van der Waals surface area contributed by atoms with Crippen molar-refractivity contribution in [2.75, 3.05) is 20.2 Å². The molecule has 6 nitrogen and oxygen atoms in total. The lowest BCUT2D eigenvalue weighted by Gasteiger charge is -2.37. The molecule has 6 heteroatoms. The molecule has 2 amide bonds. The summed E-state index contributed by atoms with van der Waals surface area (Å²) in [7, 11) is 1.60. The number of nitrogens with zero attached hydrogens (tertiary/aromatic N) is 2. The van der Waals surface area contributed by atoms with Gasteiger partial charge in [0.05, 0.1) is 7.11 Å². The number of amides is 2. The van der Waals surface area contributed by atoms with Crippen molar-refractivity contribution >= 4 is 17.5 Å². The molecule has 2 heterocycles. The molecule has 1 saturated heterocycles. The molecule has 2 aromatic carbocycles. The zero-order valence-corrected chi connectivity index (χ0v) is 15.1. The number of piperidine rings is 1. The molecule has 1 spiro atoms. The summed E-state index contributed by atoms with van der Waals surface area (Å²) >= 11 is 0. The molecular weight excluding hydrogens is 342 g/mol. The van der Waals surface area contributed by atoms with Crippen LogP contribution in [-0.2, 0) is 4.79 Å². The number of rotatable bonds is 3. The molecular formula is C21H21N3O3. The maximum atomic E-state index is 12.7. The normalized spacial score (nSPS) is 18.2. The number of carbonyl (C=O) groups excluding carboxylic acids is 2. The van der Waals surface area contributed by atoms with E-state index in [1.807, 2.05) is 35.2 Å². The number of hydrogen-bond acceptors (Lipinski definition) is 4. The summed E-state index contributed by atoms with van der Waals surface area (Å²) in [6, 6.07) is 16.6. The molecule has 0 unspecified atom stereocenters. The van der Waals surface area contributed by atoms with Crippen LogP contribution in [0.15, 0.2) is 59.6 Å². The average Bonchev–Trinajstić information content (AvgIpc) is 3.04. The Bertz CT molecular complexity index is 883. The molecule has 0 radical (unpaired) electrons. The molecule has 1 N–H and O–H groups in total. The second kappa shape index (κ2) is 6.87. The van der Waals surface area contributed by atoms with E-state index >= 15 is 0 Å². The van der Waals surface area contributed by atoms with Gasteiger partial charge >= 0.3 is 0 Å². The molecule has 138 valence electrons. The quantitative estimate of drug-likeness (QED) is 0.909. The van der Waals surface area contributed by atoms with Gasteiger partial charge in [-0.2, -0.15) is 0 Å². The average molecular weight is 363 g/mol. The van der Waals surface area contributed by atoms with Gasteiger partial charge in [0.25, 0.3) is 11.8 Å². The summed E-state index contributed by atoms with van der Waals surface area (Å²) in [4.78, 5) is 31.7. The van der Waals surface area contributed by atoms with E-state index in [4.69, 9.17) is 9.73 Å². The van der Waals surface area contributed by atoms with E-state index < -0.39 is 5.66 Å². The highest BCUT2D eigenvalue weighted by molar-refractivity contribution is 6.46. The molecule has 2 aromatic rings. The minimum Gasteiger partial charge on any atom is -0.497 e. The number of likely N-dealkylation sites (tertiary alicyclic amines) is 1. The molecule has 2 aliphatic heterocycles. The van der Waals surface area contributed by atoms with Crippen molar-refractivity contribution in [3.05, 3.63) is 65.7 Å². The Kier molecular flexibility index (Phi) is 4.39. The largest absolute Gasteiger partial charge is 0.497 e. The number of methoxy groups -OCH3 is 1. The van der Waals surface area contributed by atoms with Crippen LogP contribution in [-0.4, -0.2) is 48.3 Å². The lowest BCUT2D eigenvalue weighted by atomic mass is 9.97. The van der Waals surface area contributed by atoms with E-state index in [1.165, 1.54) is 0 Å². The number of ether oxygens (including phenoxy) is 1. The monoisotopic (exact) mass is 363 g/mol. The summed E-state index contributed by atoms with van der Waals surface area (Å²) < 4.78 is 5.13. The second-order valence-electron chi connectivity index (χ2n) is 6.83. The Balaban J connectivity index is 1.46. The molecule has 0 aromatic heterocycles. The van der Waals surface area contributed by atoms with Crippen LogP contribution in [0.1, 0.15) is 28.8 Å². The zero-order valence-electron chi connectivity index (χ0n) is 15.1. The fourth-order valence-electron chi connectivity index (χ4n) is 3.59. The van der Waals surface area contributed by atoms with Gasteiger partial charge in [-0.25, -0.2) is 0 Å². The summed E-state index contributed by atoms with van der Waals surface area (Å²) in [5.74, 6) is 0.570. The fourth-order valence-corrected chi connectivity index (χ4v) is 3.59. The minimum absolute atomic E-state index is 0.0101. The Morgan fingerprint density at radius 1 is 1.07 bits per heavy atom. The first-order valence-electron chi connectivity index (χ1n) is 9.01. The number of benzene rings is 2. The van der Waals surface area contributed by atoms with Crippen molar-refractivity contribution in [2.45, 2.75) is 18.5 Å². The van der Waals surface area contributed by atoms with Crippen LogP contribution in [0.2, 0.25) is 0 Å². The number of hydrogen-bond donors (Lipinski definition) is 1. The molecule has 2 aliphatic rings. The van der Waals surface area contributed by atoms with Crippen LogP contribution in [0.4, 0.5) is 0 Å². The molecule has 27 heavy (non-hydrogen) atoms. The van der Waals surface area contributed by atoms with Gasteiger partial charge < -0.3 is 15.0 Å². The van der Waals surface area contributed by atoms with Crippen LogP contribution < -0.4 is 10.1 Å². The van der Waals surface area contributed by atoms with Gasteiger partial charge in [0.1, 0.15) is 17.1 Å². The van der Waals surface area contributed by atoms with Gasteiger partial charge in [-0.05, 0) is 24.3 Å². The van der Waals surface area contributed by atoms with Crippen LogP contribution in [0.25, 0.3) is 0 Å². The van der Waals surface area contributed by atoms with Crippen molar-refractivity contribution < 1.29 is 14.3 Å². The highest BCUT2D eigenvalue weighted by Crippen LogP contribution is 2.29. The third-order valence-electron chi connectivity index (χ3n) is 5.15. The van der Waals surface area contributed by atoms with Crippen LogP contribution in [0.5, 0.6) is 5.75 Å². The molecule has 1 fully saturated rings. The third-order valence-corrected chi connectivity index (χ3v) is 5.15. The van der Waals surface area contributed by atoms with E-state index in [0.29, 0.717) is 37.2 Å². The fraction of sp³-hybridized carbons (Fsp3) is 0.286. The number of nitrogens with one attached hydrogen (secondary N) is 1. The molecule has 4 rings (SSSR count). The first-order chi connectivity index (χ1) is 13.1. The van der Waals surface area contributed by atoms with Crippen molar-refractivity contribution in [1.29, 1.82) is 0 Å². The van der Waals surface area contributed by atoms with E-state index in [1.54, 1.807) is 31.4 Å². The van der Waals surface area contributed by atoms with E-state index in [-0.39, 0.29) is 11.8 Å². The predicted octanol–water partition coefficient (Wildman–Crippen LogP) is 2.25. The Labute approximate surface area is 157 Å². The predicted molar refractivity (Wildman–Crippen MR) is 102 cm³/mol. The highest BCUT2D eigenvalue weighted by Gasteiger charge is 2.42. The van der Waals surface area contributed by atoms with Crippen molar-refractivity contribution in [1.82, 2.24) is 10.2 Å². The summed E-state index contributed by atoms with van der Waals surface area (Å²) in [5, 5.41) is 3.03. The van der Waals surface area contributed by atoms with Gasteiger partial charge in [0.2, 0.25) is 0 Å². The van der Waals surface area contributed by atoms with E-state index in [9.17, 15) is 9.59 Å². The van der Waals surface area contributed by atoms with Gasteiger partial charge in [-0.1, -0.05) is 30.3 Å². The lowest BCUT2D eigenvalue weighted by molar-refractivity contribution is -0.115. The van der Waals surface area contributed by atoms with E-state index in [2.05, 4.69) is 5.32 Å². The Hall–Kier alpha value is -3.15. The molecule has 0 bridgehead atoms. The summed E-state index contributed by atoms with van der Waals surface area (Å²) in [5.41, 5.74) is 1.34. The van der Waals surface area contributed by atoms with Crippen LogP contribution in [0, 0.1) is 0 Å². The smallest absolute Gasteiger partial charge is 0.272 e. The van der Waals surface area contributed by atoms with Crippen LogP contribution in [0.3, 0.4) is 0 Å². The first-order valence-corrected chi connectivity index (χ1v) is 9.01. The lowest BCUT2D eigenvalue weighted by Crippen LogP contribution is -2.52. The molecule has 0 aliphatic carbocycles. The SMILES string of the molecule is COc1ccc(C(=O)N2CCC3(CC2)N=C(c2ccccc2)C(=O)N3)cc1.